The summed E-state index contributed by atoms with van der Waals surface area (Å²) in [5, 5.41) is 15.8. The maximum absolute atomic E-state index is 11.7. The van der Waals surface area contributed by atoms with E-state index in [1.165, 1.54) is 12.4 Å². The second-order valence-electron chi connectivity index (χ2n) is 9.00. The molecule has 0 aliphatic rings. The zero-order valence-electron chi connectivity index (χ0n) is 24.6. The maximum Gasteiger partial charge on any atom is 0.296 e. The Hall–Kier alpha value is -3.81. The molecule has 0 heterocycles. The van der Waals surface area contributed by atoms with Gasteiger partial charge in [0.25, 0.3) is 30.4 Å². The Kier molecular flexibility index (Phi) is 14.7. The number of nitrogens with zero attached hydrogens (tertiary/aromatic N) is 4. The highest BCUT2D eigenvalue weighted by molar-refractivity contribution is 7.86. The molecule has 0 spiro atoms. The van der Waals surface area contributed by atoms with Crippen LogP contribution in [-0.4, -0.2) is 51.3 Å². The van der Waals surface area contributed by atoms with Crippen LogP contribution in [0.1, 0.15) is 41.0 Å². The van der Waals surface area contributed by atoms with Crippen molar-refractivity contribution >= 4 is 36.0 Å². The quantitative estimate of drug-likeness (QED) is 0.0602. The average Bonchev–Trinajstić information content (AvgIpc) is 2.90. The Morgan fingerprint density at radius 3 is 2.05 bits per heavy atom. The highest BCUT2D eigenvalue weighted by atomic mass is 32.2. The molecule has 0 aliphatic heterocycles. The average molecular weight is 674 g/mol. The van der Waals surface area contributed by atoms with Crippen LogP contribution in [0, 0.1) is 0 Å². The van der Waals surface area contributed by atoms with Crippen LogP contribution in [0.5, 0.6) is 0 Å². The van der Waals surface area contributed by atoms with E-state index in [0.717, 1.165) is 17.7 Å². The van der Waals surface area contributed by atoms with Gasteiger partial charge >= 0.3 is 0 Å². The van der Waals surface area contributed by atoms with Crippen molar-refractivity contribution in [2.24, 2.45) is 26.2 Å². The van der Waals surface area contributed by atoms with Crippen molar-refractivity contribution in [3.8, 4) is 0 Å². The Balaban J connectivity index is 3.17. The second-order valence-corrected chi connectivity index (χ2v) is 13.4. The fourth-order valence-electron chi connectivity index (χ4n) is 3.04. The van der Waals surface area contributed by atoms with Gasteiger partial charge in [0.2, 0.25) is 0 Å². The molecule has 18 heteroatoms. The summed E-state index contributed by atoms with van der Waals surface area (Å²) in [6.07, 6.45) is 9.39. The SMILES string of the molecule is C\C=C(C)/C(=C\C(C)=C\N=Nc1ccc(S(=O)(=O)O)cc1S(=O)(=O)O)N=N/C=C(C)/C=C(N)\C(=C/C)OCCCS(=O)(=O)O. The van der Waals surface area contributed by atoms with Crippen LogP contribution in [0.3, 0.4) is 0 Å². The van der Waals surface area contributed by atoms with E-state index in [1.807, 2.05) is 0 Å². The van der Waals surface area contributed by atoms with Crippen molar-refractivity contribution in [2.45, 2.75) is 50.8 Å². The second kappa shape index (κ2) is 16.9. The van der Waals surface area contributed by atoms with E-state index in [2.05, 4.69) is 20.5 Å². The number of benzene rings is 1. The summed E-state index contributed by atoms with van der Waals surface area (Å²) in [5.41, 5.74) is 8.29. The number of allylic oxidation sites excluding steroid dienone is 7. The molecular formula is C26H35N5O10S3. The molecule has 0 unspecified atom stereocenters. The van der Waals surface area contributed by atoms with E-state index in [0.29, 0.717) is 28.7 Å². The first kappa shape index (κ1) is 38.2. The van der Waals surface area contributed by atoms with Gasteiger partial charge in [-0.2, -0.15) is 40.6 Å². The topological polar surface area (TPSA) is 248 Å². The van der Waals surface area contributed by atoms with Gasteiger partial charge in [0, 0.05) is 0 Å². The van der Waals surface area contributed by atoms with E-state index >= 15 is 0 Å². The third-order valence-corrected chi connectivity index (χ3v) is 7.83. The summed E-state index contributed by atoms with van der Waals surface area (Å²) in [5.74, 6) is -0.114. The molecule has 44 heavy (non-hydrogen) atoms. The van der Waals surface area contributed by atoms with Gasteiger partial charge in [0.05, 0.1) is 41.0 Å². The molecule has 0 radical (unpaired) electrons. The molecule has 0 fully saturated rings. The Morgan fingerprint density at radius 1 is 0.886 bits per heavy atom. The minimum absolute atomic E-state index is 0.0295. The number of hydrogen-bond donors (Lipinski definition) is 4. The monoisotopic (exact) mass is 673 g/mol. The van der Waals surface area contributed by atoms with Gasteiger partial charge in [-0.1, -0.05) is 6.08 Å². The summed E-state index contributed by atoms with van der Waals surface area (Å²) >= 11 is 0. The molecule has 0 saturated carbocycles. The summed E-state index contributed by atoms with van der Waals surface area (Å²) in [4.78, 5) is -1.61. The first-order valence-electron chi connectivity index (χ1n) is 12.6. The number of azo groups is 2. The van der Waals surface area contributed by atoms with Crippen molar-refractivity contribution < 1.29 is 43.6 Å². The predicted molar refractivity (Wildman–Crippen MR) is 163 cm³/mol. The van der Waals surface area contributed by atoms with Crippen molar-refractivity contribution in [1.82, 2.24) is 0 Å². The van der Waals surface area contributed by atoms with Crippen LogP contribution >= 0.6 is 0 Å². The van der Waals surface area contributed by atoms with Crippen molar-refractivity contribution in [2.75, 3.05) is 12.4 Å². The smallest absolute Gasteiger partial charge is 0.296 e. The lowest BCUT2D eigenvalue weighted by atomic mass is 10.1. The fraction of sp³-hybridized carbons (Fsp3) is 0.308. The van der Waals surface area contributed by atoms with Crippen molar-refractivity contribution in [1.29, 1.82) is 0 Å². The van der Waals surface area contributed by atoms with E-state index in [9.17, 15) is 29.8 Å². The molecule has 15 nitrogen and oxygen atoms in total. The van der Waals surface area contributed by atoms with E-state index in [4.69, 9.17) is 19.6 Å². The standard InChI is InChI=1S/C26H35N5O10S3/c1-6-20(5)24(31-29-16-18(3)13-22(27)25(7-2)41-11-8-12-42(32,33)34)14-19(4)17-28-30-23-10-9-21(43(35,36)37)15-26(23)44(38,39)40/h6-7,9-10,13-17H,8,11-12,27H2,1-5H3,(H,32,33,34)(H,35,36,37)(H,38,39,40)/b18-16+,19-17+,20-6-,22-13+,24-14+,25-7+,30-28?,31-29?. The van der Waals surface area contributed by atoms with Gasteiger partial charge in [-0.15, -0.1) is 5.11 Å². The number of nitrogens with two attached hydrogens (primary N) is 1. The molecule has 0 atom stereocenters. The lowest BCUT2D eigenvalue weighted by Crippen LogP contribution is -2.10. The highest BCUT2D eigenvalue weighted by Crippen LogP contribution is 2.28. The molecule has 0 aliphatic carbocycles. The van der Waals surface area contributed by atoms with Gasteiger partial charge in [0.1, 0.15) is 16.3 Å². The van der Waals surface area contributed by atoms with Crippen molar-refractivity contribution in [3.05, 3.63) is 88.8 Å². The molecule has 1 aromatic carbocycles. The van der Waals surface area contributed by atoms with Gasteiger partial charge in [-0.3, -0.25) is 13.7 Å². The first-order valence-corrected chi connectivity index (χ1v) is 17.1. The summed E-state index contributed by atoms with van der Waals surface area (Å²) in [7, 11) is -13.7. The Bertz CT molecular complexity index is 1780. The minimum atomic E-state index is -4.90. The highest BCUT2D eigenvalue weighted by Gasteiger charge is 2.20. The van der Waals surface area contributed by atoms with Crippen LogP contribution in [-0.2, 0) is 35.1 Å². The molecule has 0 aromatic heterocycles. The van der Waals surface area contributed by atoms with Crippen LogP contribution in [0.2, 0.25) is 0 Å². The zero-order valence-corrected chi connectivity index (χ0v) is 27.1. The first-order chi connectivity index (χ1) is 20.3. The van der Waals surface area contributed by atoms with E-state index < -0.39 is 45.9 Å². The van der Waals surface area contributed by atoms with Crippen molar-refractivity contribution in [3.63, 3.8) is 0 Å². The van der Waals surface area contributed by atoms with Gasteiger partial charge in [-0.25, -0.2) is 0 Å². The summed E-state index contributed by atoms with van der Waals surface area (Å²) in [6, 6.07) is 2.42. The van der Waals surface area contributed by atoms with E-state index in [1.54, 1.807) is 58.9 Å². The predicted octanol–water partition coefficient (Wildman–Crippen LogP) is 5.41. The number of hydrogen-bond acceptors (Lipinski definition) is 12. The van der Waals surface area contributed by atoms with Crippen LogP contribution in [0.25, 0.3) is 0 Å². The number of rotatable bonds is 15. The van der Waals surface area contributed by atoms with E-state index in [-0.39, 0.29) is 24.4 Å². The molecule has 0 saturated heterocycles. The lowest BCUT2D eigenvalue weighted by Gasteiger charge is -2.10. The molecule has 1 aromatic rings. The molecular weight excluding hydrogens is 639 g/mol. The normalized spacial score (nSPS) is 15.5. The molecule has 1 rings (SSSR count). The largest absolute Gasteiger partial charge is 0.492 e. The van der Waals surface area contributed by atoms with Crippen LogP contribution < -0.4 is 5.73 Å². The lowest BCUT2D eigenvalue weighted by molar-refractivity contribution is 0.219. The van der Waals surface area contributed by atoms with Gasteiger partial charge in [-0.05, 0) is 94.2 Å². The van der Waals surface area contributed by atoms with Gasteiger partial charge < -0.3 is 10.5 Å². The molecule has 0 amide bonds. The Morgan fingerprint density at radius 2 is 1.50 bits per heavy atom. The Labute approximate surface area is 257 Å². The maximum atomic E-state index is 11.7. The third-order valence-electron chi connectivity index (χ3n) is 5.30. The number of ether oxygens (including phenoxy) is 1. The molecule has 242 valence electrons. The van der Waals surface area contributed by atoms with Crippen LogP contribution in [0.15, 0.2) is 119 Å². The minimum Gasteiger partial charge on any atom is -0.492 e. The van der Waals surface area contributed by atoms with Crippen LogP contribution in [0.4, 0.5) is 5.69 Å². The zero-order chi connectivity index (χ0) is 33.7. The third kappa shape index (κ3) is 14.1. The molecule has 5 N–H and O–H groups in total. The summed E-state index contributed by atoms with van der Waals surface area (Å²) < 4.78 is 101. The molecule has 0 bridgehead atoms. The fourth-order valence-corrected chi connectivity index (χ4v) is 4.75. The summed E-state index contributed by atoms with van der Waals surface area (Å²) in [6.45, 7) is 8.68. The van der Waals surface area contributed by atoms with Gasteiger partial charge in [0.15, 0.2) is 0 Å².